The molecule has 1 saturated heterocycles. The summed E-state index contributed by atoms with van der Waals surface area (Å²) in [6, 6.07) is 5.96. The predicted molar refractivity (Wildman–Crippen MR) is 92.9 cm³/mol. The third-order valence-electron chi connectivity index (χ3n) is 4.29. The highest BCUT2D eigenvalue weighted by Gasteiger charge is 2.30. The van der Waals surface area contributed by atoms with Crippen molar-refractivity contribution in [2.75, 3.05) is 18.8 Å². The number of nitrogen functional groups attached to an aromatic ring is 1. The molecule has 3 nitrogen and oxygen atoms in total. The van der Waals surface area contributed by atoms with E-state index in [0.717, 1.165) is 40.5 Å². The van der Waals surface area contributed by atoms with Crippen molar-refractivity contribution in [2.24, 2.45) is 5.41 Å². The third-order valence-corrected chi connectivity index (χ3v) is 5.94. The fourth-order valence-electron chi connectivity index (χ4n) is 2.71. The molecule has 0 saturated carbocycles. The number of thiophene rings is 1. The monoisotopic (exact) mass is 366 g/mol. The average Bonchev–Trinajstić information content (AvgIpc) is 2.74. The Hall–Kier alpha value is -1.07. The number of benzene rings is 1. The van der Waals surface area contributed by atoms with E-state index in [4.69, 9.17) is 5.73 Å². The van der Waals surface area contributed by atoms with Crippen LogP contribution in [0, 0.1) is 5.41 Å². The normalized spacial score (nSPS) is 18.1. The van der Waals surface area contributed by atoms with Crippen molar-refractivity contribution in [2.45, 2.75) is 26.7 Å². The van der Waals surface area contributed by atoms with Gasteiger partial charge < -0.3 is 10.6 Å². The van der Waals surface area contributed by atoms with Crippen LogP contribution in [0.1, 0.15) is 36.4 Å². The van der Waals surface area contributed by atoms with Crippen molar-refractivity contribution >= 4 is 48.9 Å². The van der Waals surface area contributed by atoms with E-state index in [-0.39, 0.29) is 5.91 Å². The van der Waals surface area contributed by atoms with Gasteiger partial charge in [-0.25, -0.2) is 0 Å². The smallest absolute Gasteiger partial charge is 0.266 e. The Morgan fingerprint density at radius 3 is 2.67 bits per heavy atom. The Labute approximate surface area is 137 Å². The predicted octanol–water partition coefficient (Wildman–Crippen LogP) is 4.51. The first kappa shape index (κ1) is 14.9. The summed E-state index contributed by atoms with van der Waals surface area (Å²) in [5.41, 5.74) is 7.16. The van der Waals surface area contributed by atoms with E-state index in [0.29, 0.717) is 16.0 Å². The van der Waals surface area contributed by atoms with Gasteiger partial charge in [-0.3, -0.25) is 4.79 Å². The van der Waals surface area contributed by atoms with E-state index < -0.39 is 0 Å². The first-order chi connectivity index (χ1) is 9.87. The molecule has 1 amide bonds. The van der Waals surface area contributed by atoms with Crippen LogP contribution in [0.5, 0.6) is 0 Å². The van der Waals surface area contributed by atoms with Crippen molar-refractivity contribution in [3.63, 3.8) is 0 Å². The topological polar surface area (TPSA) is 46.3 Å². The van der Waals surface area contributed by atoms with E-state index in [1.165, 1.54) is 11.3 Å². The second-order valence-corrected chi connectivity index (χ2v) is 8.41. The molecule has 5 heteroatoms. The summed E-state index contributed by atoms with van der Waals surface area (Å²) in [6.07, 6.45) is 2.10. The number of likely N-dealkylation sites (tertiary alicyclic amines) is 1. The van der Waals surface area contributed by atoms with Gasteiger partial charge in [0.2, 0.25) is 0 Å². The van der Waals surface area contributed by atoms with Gasteiger partial charge in [0.1, 0.15) is 4.88 Å². The number of anilines is 1. The SMILES string of the molecule is CC1(C)CCN(C(=O)c2sc3cc(Br)ccc3c2N)CC1. The Morgan fingerprint density at radius 2 is 2.00 bits per heavy atom. The lowest BCUT2D eigenvalue weighted by atomic mass is 9.82. The highest BCUT2D eigenvalue weighted by molar-refractivity contribution is 9.10. The highest BCUT2D eigenvalue weighted by Crippen LogP contribution is 2.37. The zero-order chi connectivity index (χ0) is 15.2. The Balaban J connectivity index is 1.90. The maximum Gasteiger partial charge on any atom is 0.266 e. The molecule has 2 N–H and O–H groups in total. The zero-order valence-corrected chi connectivity index (χ0v) is 14.7. The molecule has 0 atom stereocenters. The van der Waals surface area contributed by atoms with Crippen LogP contribution in [0.2, 0.25) is 0 Å². The summed E-state index contributed by atoms with van der Waals surface area (Å²) in [5.74, 6) is 0.0836. The fraction of sp³-hybridized carbons (Fsp3) is 0.438. The van der Waals surface area contributed by atoms with Crippen molar-refractivity contribution in [3.8, 4) is 0 Å². The number of piperidine rings is 1. The number of halogens is 1. The number of nitrogens with zero attached hydrogens (tertiary/aromatic N) is 1. The zero-order valence-electron chi connectivity index (χ0n) is 12.3. The molecule has 3 rings (SSSR count). The lowest BCUT2D eigenvalue weighted by Gasteiger charge is -2.36. The van der Waals surface area contributed by atoms with Gasteiger partial charge in [0.15, 0.2) is 0 Å². The van der Waals surface area contributed by atoms with Crippen LogP contribution in [0.4, 0.5) is 5.69 Å². The number of carbonyl (C=O) groups is 1. The van der Waals surface area contributed by atoms with Gasteiger partial charge in [-0.15, -0.1) is 11.3 Å². The lowest BCUT2D eigenvalue weighted by Crippen LogP contribution is -2.41. The number of hydrogen-bond acceptors (Lipinski definition) is 3. The molecule has 0 unspecified atom stereocenters. The molecule has 2 heterocycles. The second-order valence-electron chi connectivity index (χ2n) is 6.44. The van der Waals surface area contributed by atoms with Crippen LogP contribution >= 0.6 is 27.3 Å². The van der Waals surface area contributed by atoms with Crippen LogP contribution in [0.15, 0.2) is 22.7 Å². The van der Waals surface area contributed by atoms with Gasteiger partial charge in [-0.1, -0.05) is 35.8 Å². The van der Waals surface area contributed by atoms with Crippen LogP contribution in [0.3, 0.4) is 0 Å². The summed E-state index contributed by atoms with van der Waals surface area (Å²) in [5, 5.41) is 0.976. The molecule has 112 valence electrons. The molecule has 1 aliphatic rings. The van der Waals surface area contributed by atoms with E-state index in [9.17, 15) is 4.79 Å². The average molecular weight is 367 g/mol. The second kappa shape index (κ2) is 5.29. The summed E-state index contributed by atoms with van der Waals surface area (Å²) >= 11 is 4.96. The number of nitrogens with two attached hydrogens (primary N) is 1. The Bertz CT molecular complexity index is 698. The number of amides is 1. The molecular formula is C16H19BrN2OS. The van der Waals surface area contributed by atoms with Crippen LogP contribution < -0.4 is 5.73 Å². The third kappa shape index (κ3) is 2.81. The maximum atomic E-state index is 12.7. The van der Waals surface area contributed by atoms with Crippen LogP contribution in [-0.4, -0.2) is 23.9 Å². The minimum Gasteiger partial charge on any atom is -0.397 e. The van der Waals surface area contributed by atoms with E-state index in [2.05, 4.69) is 29.8 Å². The summed E-state index contributed by atoms with van der Waals surface area (Å²) in [7, 11) is 0. The Morgan fingerprint density at radius 1 is 1.33 bits per heavy atom. The molecule has 0 bridgehead atoms. The van der Waals surface area contributed by atoms with Crippen molar-refractivity contribution in [3.05, 3.63) is 27.5 Å². The number of hydrogen-bond donors (Lipinski definition) is 1. The van der Waals surface area contributed by atoms with Gasteiger partial charge >= 0.3 is 0 Å². The molecule has 0 aliphatic carbocycles. The number of rotatable bonds is 1. The molecule has 1 aromatic heterocycles. The van der Waals surface area contributed by atoms with Gasteiger partial charge in [0.25, 0.3) is 5.91 Å². The summed E-state index contributed by atoms with van der Waals surface area (Å²) in [4.78, 5) is 15.4. The van der Waals surface area contributed by atoms with Gasteiger partial charge in [-0.05, 0) is 30.4 Å². The standard InChI is InChI=1S/C16H19BrN2OS/c1-16(2)5-7-19(8-6-16)15(20)14-13(18)11-4-3-10(17)9-12(11)21-14/h3-4,9H,5-8,18H2,1-2H3. The molecule has 0 spiro atoms. The lowest BCUT2D eigenvalue weighted by molar-refractivity contribution is 0.0636. The van der Waals surface area contributed by atoms with E-state index in [1.807, 2.05) is 23.1 Å². The molecule has 0 radical (unpaired) electrons. The minimum atomic E-state index is 0.0836. The summed E-state index contributed by atoms with van der Waals surface area (Å²) in [6.45, 7) is 6.17. The van der Waals surface area contributed by atoms with Gasteiger partial charge in [0.05, 0.1) is 5.69 Å². The van der Waals surface area contributed by atoms with Crippen LogP contribution in [-0.2, 0) is 0 Å². The minimum absolute atomic E-state index is 0.0836. The van der Waals surface area contributed by atoms with Gasteiger partial charge in [-0.2, -0.15) is 0 Å². The first-order valence-electron chi connectivity index (χ1n) is 7.14. The largest absolute Gasteiger partial charge is 0.397 e. The number of fused-ring (bicyclic) bond motifs is 1. The Kier molecular flexibility index (Phi) is 3.74. The quantitative estimate of drug-likeness (QED) is 0.806. The maximum absolute atomic E-state index is 12.7. The summed E-state index contributed by atoms with van der Waals surface area (Å²) < 4.78 is 2.07. The molecule has 2 aromatic rings. The van der Waals surface area contributed by atoms with E-state index >= 15 is 0 Å². The molecule has 1 aliphatic heterocycles. The van der Waals surface area contributed by atoms with Gasteiger partial charge in [0, 0.05) is 27.6 Å². The fourth-order valence-corrected chi connectivity index (χ4v) is 4.35. The van der Waals surface area contributed by atoms with Crippen LogP contribution in [0.25, 0.3) is 10.1 Å². The molecule has 21 heavy (non-hydrogen) atoms. The molecule has 1 aromatic carbocycles. The van der Waals surface area contributed by atoms with Crippen molar-refractivity contribution in [1.82, 2.24) is 4.90 Å². The van der Waals surface area contributed by atoms with Crippen molar-refractivity contribution < 1.29 is 4.79 Å². The van der Waals surface area contributed by atoms with Crippen molar-refractivity contribution in [1.29, 1.82) is 0 Å². The highest BCUT2D eigenvalue weighted by atomic mass is 79.9. The number of carbonyl (C=O) groups excluding carboxylic acids is 1. The molecule has 1 fully saturated rings. The molecular weight excluding hydrogens is 348 g/mol. The van der Waals surface area contributed by atoms with E-state index in [1.54, 1.807) is 0 Å². The first-order valence-corrected chi connectivity index (χ1v) is 8.75.